The molecule has 0 aliphatic carbocycles. The van der Waals surface area contributed by atoms with Crippen molar-refractivity contribution in [3.8, 4) is 6.07 Å². The van der Waals surface area contributed by atoms with Crippen LogP contribution in [0.15, 0.2) is 24.4 Å². The van der Waals surface area contributed by atoms with Gasteiger partial charge in [0.15, 0.2) is 0 Å². The van der Waals surface area contributed by atoms with E-state index in [-0.39, 0.29) is 12.4 Å². The van der Waals surface area contributed by atoms with Gasteiger partial charge in [-0.2, -0.15) is 5.26 Å². The molecule has 0 atom stereocenters. The van der Waals surface area contributed by atoms with Crippen LogP contribution in [0.5, 0.6) is 0 Å². The van der Waals surface area contributed by atoms with Gasteiger partial charge >= 0.3 is 0 Å². The van der Waals surface area contributed by atoms with E-state index in [1.165, 1.54) is 5.56 Å². The maximum atomic E-state index is 8.93. The number of rotatable bonds is 3. The minimum atomic E-state index is 0. The Hall–Kier alpha value is -1.50. The van der Waals surface area contributed by atoms with Crippen LogP contribution in [0.4, 0.5) is 0 Å². The fourth-order valence-electron chi connectivity index (χ4n) is 1.80. The van der Waals surface area contributed by atoms with E-state index in [0.717, 1.165) is 23.7 Å². The van der Waals surface area contributed by atoms with Crippen molar-refractivity contribution in [1.82, 2.24) is 4.98 Å². The number of H-pyrrole nitrogens is 1. The molecule has 0 spiro atoms. The van der Waals surface area contributed by atoms with Crippen molar-refractivity contribution in [1.29, 1.82) is 5.26 Å². The SMILES string of the molecule is Cl.N#Cc1cccc2c(CCCN)c[nH]c12. The van der Waals surface area contributed by atoms with Crippen LogP contribution in [0, 0.1) is 11.3 Å². The number of aromatic nitrogens is 1. The minimum Gasteiger partial charge on any atom is -0.360 e. The van der Waals surface area contributed by atoms with Crippen molar-refractivity contribution >= 4 is 23.3 Å². The van der Waals surface area contributed by atoms with E-state index in [1.807, 2.05) is 24.4 Å². The molecule has 4 heteroatoms. The van der Waals surface area contributed by atoms with Gasteiger partial charge in [0.1, 0.15) is 6.07 Å². The van der Waals surface area contributed by atoms with Gasteiger partial charge in [-0.05, 0) is 31.0 Å². The summed E-state index contributed by atoms with van der Waals surface area (Å²) in [6, 6.07) is 7.97. The van der Waals surface area contributed by atoms with Gasteiger partial charge in [-0.1, -0.05) is 12.1 Å². The third-order valence-electron chi connectivity index (χ3n) is 2.57. The Morgan fingerprint density at radius 2 is 2.19 bits per heavy atom. The quantitative estimate of drug-likeness (QED) is 0.858. The Labute approximate surface area is 101 Å². The van der Waals surface area contributed by atoms with Crippen molar-refractivity contribution in [2.75, 3.05) is 6.54 Å². The van der Waals surface area contributed by atoms with Crippen LogP contribution in [0.1, 0.15) is 17.5 Å². The van der Waals surface area contributed by atoms with E-state index in [9.17, 15) is 0 Å². The molecule has 0 saturated carbocycles. The van der Waals surface area contributed by atoms with Crippen LogP contribution < -0.4 is 5.73 Å². The predicted octanol–water partition coefficient (Wildman–Crippen LogP) is 2.35. The number of hydrogen-bond donors (Lipinski definition) is 2. The highest BCUT2D eigenvalue weighted by atomic mass is 35.5. The van der Waals surface area contributed by atoms with E-state index in [0.29, 0.717) is 12.1 Å². The van der Waals surface area contributed by atoms with E-state index >= 15 is 0 Å². The zero-order chi connectivity index (χ0) is 10.7. The first-order valence-corrected chi connectivity index (χ1v) is 5.06. The summed E-state index contributed by atoms with van der Waals surface area (Å²) in [5, 5.41) is 10.1. The lowest BCUT2D eigenvalue weighted by Gasteiger charge is -1.97. The third kappa shape index (κ3) is 2.19. The largest absolute Gasteiger partial charge is 0.360 e. The molecular formula is C12H14ClN3. The molecule has 0 saturated heterocycles. The van der Waals surface area contributed by atoms with Gasteiger partial charge < -0.3 is 10.7 Å². The molecule has 0 fully saturated rings. The molecule has 0 aliphatic rings. The molecular weight excluding hydrogens is 222 g/mol. The second kappa shape index (κ2) is 5.55. The molecule has 1 aromatic heterocycles. The highest BCUT2D eigenvalue weighted by molar-refractivity contribution is 5.87. The number of aromatic amines is 1. The average Bonchev–Trinajstić information content (AvgIpc) is 2.69. The zero-order valence-corrected chi connectivity index (χ0v) is 9.68. The first-order valence-electron chi connectivity index (χ1n) is 5.06. The molecule has 2 rings (SSSR count). The number of nitrogens with two attached hydrogens (primary N) is 1. The molecule has 3 nitrogen and oxygen atoms in total. The standard InChI is InChI=1S/C12H13N3.ClH/c13-6-2-4-10-8-15-12-9(7-14)3-1-5-11(10)12;/h1,3,5,8,15H,2,4,6,13H2;1H. The molecule has 0 aliphatic heterocycles. The van der Waals surface area contributed by atoms with E-state index in [4.69, 9.17) is 11.0 Å². The Morgan fingerprint density at radius 3 is 2.88 bits per heavy atom. The van der Waals surface area contributed by atoms with Gasteiger partial charge in [0, 0.05) is 11.6 Å². The van der Waals surface area contributed by atoms with Crippen molar-refractivity contribution in [2.24, 2.45) is 5.73 Å². The lowest BCUT2D eigenvalue weighted by molar-refractivity contribution is 0.837. The summed E-state index contributed by atoms with van der Waals surface area (Å²) in [6.45, 7) is 0.699. The Bertz CT molecular complexity index is 510. The zero-order valence-electron chi connectivity index (χ0n) is 8.86. The Morgan fingerprint density at radius 1 is 1.38 bits per heavy atom. The summed E-state index contributed by atoms with van der Waals surface area (Å²) in [6.07, 6.45) is 3.91. The molecule has 84 valence electrons. The number of aryl methyl sites for hydroxylation is 1. The highest BCUT2D eigenvalue weighted by Gasteiger charge is 2.05. The molecule has 0 amide bonds. The summed E-state index contributed by atoms with van der Waals surface area (Å²) in [4.78, 5) is 3.15. The first kappa shape index (κ1) is 12.6. The first-order chi connectivity index (χ1) is 7.36. The summed E-state index contributed by atoms with van der Waals surface area (Å²) in [7, 11) is 0. The fourth-order valence-corrected chi connectivity index (χ4v) is 1.80. The highest BCUT2D eigenvalue weighted by Crippen LogP contribution is 2.22. The van der Waals surface area contributed by atoms with Gasteiger partial charge in [0.05, 0.1) is 11.1 Å². The summed E-state index contributed by atoms with van der Waals surface area (Å²) < 4.78 is 0. The average molecular weight is 236 g/mol. The maximum absolute atomic E-state index is 8.93. The van der Waals surface area contributed by atoms with Crippen LogP contribution >= 0.6 is 12.4 Å². The number of hydrogen-bond acceptors (Lipinski definition) is 2. The number of fused-ring (bicyclic) bond motifs is 1. The molecule has 16 heavy (non-hydrogen) atoms. The number of halogens is 1. The van der Waals surface area contributed by atoms with Gasteiger partial charge in [-0.15, -0.1) is 12.4 Å². The summed E-state index contributed by atoms with van der Waals surface area (Å²) in [5.74, 6) is 0. The number of benzene rings is 1. The molecule has 2 aromatic rings. The van der Waals surface area contributed by atoms with Crippen LogP contribution in [0.3, 0.4) is 0 Å². The minimum absolute atomic E-state index is 0. The third-order valence-corrected chi connectivity index (χ3v) is 2.57. The number of nitrogens with zero attached hydrogens (tertiary/aromatic N) is 1. The number of para-hydroxylation sites is 1. The van der Waals surface area contributed by atoms with Gasteiger partial charge in [-0.25, -0.2) is 0 Å². The van der Waals surface area contributed by atoms with Crippen molar-refractivity contribution < 1.29 is 0 Å². The van der Waals surface area contributed by atoms with Crippen molar-refractivity contribution in [2.45, 2.75) is 12.8 Å². The number of nitrogens with one attached hydrogen (secondary N) is 1. The predicted molar refractivity (Wildman–Crippen MR) is 67.6 cm³/mol. The van der Waals surface area contributed by atoms with E-state index in [1.54, 1.807) is 0 Å². The lowest BCUT2D eigenvalue weighted by Crippen LogP contribution is -1.99. The molecule has 0 radical (unpaired) electrons. The second-order valence-corrected chi connectivity index (χ2v) is 3.55. The molecule has 0 unspecified atom stereocenters. The van der Waals surface area contributed by atoms with Crippen molar-refractivity contribution in [3.63, 3.8) is 0 Å². The molecule has 1 aromatic carbocycles. The van der Waals surface area contributed by atoms with Crippen LogP contribution in [0.2, 0.25) is 0 Å². The van der Waals surface area contributed by atoms with Gasteiger partial charge in [-0.3, -0.25) is 0 Å². The molecule has 1 heterocycles. The summed E-state index contributed by atoms with van der Waals surface area (Å²) in [5.41, 5.74) is 8.36. The van der Waals surface area contributed by atoms with Gasteiger partial charge in [0.25, 0.3) is 0 Å². The van der Waals surface area contributed by atoms with Crippen molar-refractivity contribution in [3.05, 3.63) is 35.5 Å². The summed E-state index contributed by atoms with van der Waals surface area (Å²) >= 11 is 0. The number of nitriles is 1. The van der Waals surface area contributed by atoms with Crippen LogP contribution in [-0.2, 0) is 6.42 Å². The normalized spacial score (nSPS) is 9.75. The Balaban J connectivity index is 0.00000128. The van der Waals surface area contributed by atoms with Crippen LogP contribution in [0.25, 0.3) is 10.9 Å². The topological polar surface area (TPSA) is 65.6 Å². The van der Waals surface area contributed by atoms with E-state index in [2.05, 4.69) is 11.1 Å². The Kier molecular flexibility index (Phi) is 4.36. The molecule has 3 N–H and O–H groups in total. The second-order valence-electron chi connectivity index (χ2n) is 3.55. The monoisotopic (exact) mass is 235 g/mol. The molecule has 0 bridgehead atoms. The maximum Gasteiger partial charge on any atom is 0.101 e. The fraction of sp³-hybridized carbons (Fsp3) is 0.250. The van der Waals surface area contributed by atoms with E-state index < -0.39 is 0 Å². The smallest absolute Gasteiger partial charge is 0.101 e. The van der Waals surface area contributed by atoms with Crippen LogP contribution in [-0.4, -0.2) is 11.5 Å². The van der Waals surface area contributed by atoms with Gasteiger partial charge in [0.2, 0.25) is 0 Å². The lowest BCUT2D eigenvalue weighted by atomic mass is 10.1.